The van der Waals surface area contributed by atoms with Gasteiger partial charge in [0, 0.05) is 51.9 Å². The van der Waals surface area contributed by atoms with Crippen LogP contribution in [0.25, 0.3) is 0 Å². The molecule has 0 unspecified atom stereocenters. The van der Waals surface area contributed by atoms with Crippen molar-refractivity contribution in [3.8, 4) is 0 Å². The van der Waals surface area contributed by atoms with E-state index < -0.39 is 0 Å². The summed E-state index contributed by atoms with van der Waals surface area (Å²) in [7, 11) is 7.71. The molecule has 0 aromatic rings. The Kier molecular flexibility index (Phi) is 3.63. The normalized spacial score (nSPS) is 22.1. The van der Waals surface area contributed by atoms with E-state index in [4.69, 9.17) is 0 Å². The number of thioether (sulfide) groups is 1. The number of allylic oxidation sites excluding steroid dienone is 1. The smallest absolute Gasteiger partial charge is 0.199 e. The Labute approximate surface area is 89.4 Å². The minimum Gasteiger partial charge on any atom is -0.383 e. The molecule has 0 saturated carbocycles. The van der Waals surface area contributed by atoms with Gasteiger partial charge >= 0.3 is 0 Å². The molecule has 0 atom stereocenters. The highest BCUT2D eigenvalue weighted by atomic mass is 32.2. The summed E-state index contributed by atoms with van der Waals surface area (Å²) in [4.78, 5) is 16.4. The summed E-state index contributed by atoms with van der Waals surface area (Å²) >= 11 is 1.60. The van der Waals surface area contributed by atoms with Crippen molar-refractivity contribution in [2.24, 2.45) is 0 Å². The summed E-state index contributed by atoms with van der Waals surface area (Å²) in [6.45, 7) is 0. The van der Waals surface area contributed by atoms with E-state index in [1.165, 1.54) is 0 Å². The number of carbonyl (C=O) groups is 1. The Bertz CT molecular complexity index is 264. The Balaban J connectivity index is 2.79. The molecule has 0 aliphatic carbocycles. The number of rotatable bonds is 2. The summed E-state index contributed by atoms with van der Waals surface area (Å²) in [5, 5.41) is 0. The van der Waals surface area contributed by atoms with Crippen LogP contribution in [0.1, 0.15) is 0 Å². The van der Waals surface area contributed by atoms with Gasteiger partial charge in [0.2, 0.25) is 0 Å². The van der Waals surface area contributed by atoms with Gasteiger partial charge in [0.25, 0.3) is 0 Å². The first-order chi connectivity index (χ1) is 6.50. The molecule has 78 valence electrons. The van der Waals surface area contributed by atoms with E-state index in [-0.39, 0.29) is 5.78 Å². The quantitative estimate of drug-likeness (QED) is 0.641. The maximum absolute atomic E-state index is 11.8. The van der Waals surface area contributed by atoms with Gasteiger partial charge in [-0.2, -0.15) is 0 Å². The maximum atomic E-state index is 11.8. The molecule has 1 fully saturated rings. The highest BCUT2D eigenvalue weighted by Crippen LogP contribution is 2.31. The van der Waals surface area contributed by atoms with Crippen LogP contribution in [0.15, 0.2) is 22.9 Å². The van der Waals surface area contributed by atoms with E-state index in [1.54, 1.807) is 11.8 Å². The summed E-state index contributed by atoms with van der Waals surface area (Å²) in [6, 6.07) is 0. The molecule has 1 rings (SSSR count). The molecule has 0 radical (unpaired) electrons. The van der Waals surface area contributed by atoms with Crippen LogP contribution in [0.5, 0.6) is 0 Å². The van der Waals surface area contributed by atoms with Crippen molar-refractivity contribution >= 4 is 17.5 Å². The lowest BCUT2D eigenvalue weighted by molar-refractivity contribution is -0.111. The number of hydrogen-bond acceptors (Lipinski definition) is 4. The monoisotopic (exact) mass is 212 g/mol. The van der Waals surface area contributed by atoms with Crippen LogP contribution >= 0.6 is 11.8 Å². The number of nitrogens with zero attached hydrogens (tertiary/aromatic N) is 2. The van der Waals surface area contributed by atoms with Crippen LogP contribution in [0.4, 0.5) is 0 Å². The Hall–Kier alpha value is -0.900. The number of carbonyl (C=O) groups excluding carboxylic acids is 1. The van der Waals surface area contributed by atoms with Crippen LogP contribution < -0.4 is 0 Å². The van der Waals surface area contributed by atoms with Crippen molar-refractivity contribution in [3.05, 3.63) is 22.9 Å². The first-order valence-electron chi connectivity index (χ1n) is 4.43. The summed E-state index contributed by atoms with van der Waals surface area (Å²) < 4.78 is 0. The predicted molar refractivity (Wildman–Crippen MR) is 61.0 cm³/mol. The molecule has 0 N–H and O–H groups in total. The number of ketones is 1. The second-order valence-corrected chi connectivity index (χ2v) is 4.71. The molecule has 3 nitrogen and oxygen atoms in total. The van der Waals surface area contributed by atoms with Crippen LogP contribution in [0, 0.1) is 0 Å². The minimum absolute atomic E-state index is 0.164. The molecule has 1 aliphatic heterocycles. The SMILES string of the molecule is CN(C)C=C1CSC(=CN(C)C)C1=O. The topological polar surface area (TPSA) is 23.6 Å². The molecule has 0 spiro atoms. The Morgan fingerprint density at radius 3 is 2.21 bits per heavy atom. The molecule has 0 aromatic carbocycles. The lowest BCUT2D eigenvalue weighted by atomic mass is 10.2. The van der Waals surface area contributed by atoms with Crippen LogP contribution in [-0.2, 0) is 4.79 Å². The van der Waals surface area contributed by atoms with Gasteiger partial charge in [-0.3, -0.25) is 4.79 Å². The summed E-state index contributed by atoms with van der Waals surface area (Å²) in [5.41, 5.74) is 0.883. The van der Waals surface area contributed by atoms with Crippen LogP contribution in [0.3, 0.4) is 0 Å². The van der Waals surface area contributed by atoms with Gasteiger partial charge in [-0.05, 0) is 0 Å². The Morgan fingerprint density at radius 2 is 1.71 bits per heavy atom. The second kappa shape index (κ2) is 4.55. The van der Waals surface area contributed by atoms with Gasteiger partial charge in [-0.1, -0.05) is 0 Å². The molecule has 0 bridgehead atoms. The fourth-order valence-electron chi connectivity index (χ4n) is 1.18. The molecule has 0 amide bonds. The standard InChI is InChI=1S/C10H16N2OS/c1-11(2)5-8-7-14-9(10(8)13)6-12(3)4/h5-6H,7H2,1-4H3. The zero-order valence-corrected chi connectivity index (χ0v) is 9.89. The van der Waals surface area contributed by atoms with Crippen molar-refractivity contribution in [2.45, 2.75) is 0 Å². The fourth-order valence-corrected chi connectivity index (χ4v) is 2.25. The third-order valence-electron chi connectivity index (χ3n) is 1.69. The van der Waals surface area contributed by atoms with Gasteiger partial charge < -0.3 is 9.80 Å². The zero-order chi connectivity index (χ0) is 10.7. The summed E-state index contributed by atoms with van der Waals surface area (Å²) in [5.74, 6) is 0.953. The molecular weight excluding hydrogens is 196 g/mol. The molecule has 1 aliphatic rings. The van der Waals surface area contributed by atoms with E-state index in [2.05, 4.69) is 0 Å². The second-order valence-electron chi connectivity index (χ2n) is 3.69. The van der Waals surface area contributed by atoms with Gasteiger partial charge in [-0.25, -0.2) is 0 Å². The molecule has 14 heavy (non-hydrogen) atoms. The average molecular weight is 212 g/mol. The van der Waals surface area contributed by atoms with E-state index in [0.717, 1.165) is 16.2 Å². The lowest BCUT2D eigenvalue weighted by Gasteiger charge is -2.06. The largest absolute Gasteiger partial charge is 0.383 e. The van der Waals surface area contributed by atoms with Crippen molar-refractivity contribution in [1.29, 1.82) is 0 Å². The van der Waals surface area contributed by atoms with Gasteiger partial charge in [0.15, 0.2) is 5.78 Å². The molecule has 1 heterocycles. The molecule has 1 saturated heterocycles. The van der Waals surface area contributed by atoms with Crippen LogP contribution in [-0.4, -0.2) is 49.5 Å². The maximum Gasteiger partial charge on any atom is 0.199 e. The molecule has 0 aromatic heterocycles. The highest BCUT2D eigenvalue weighted by molar-refractivity contribution is 8.04. The highest BCUT2D eigenvalue weighted by Gasteiger charge is 2.24. The Morgan fingerprint density at radius 1 is 1.14 bits per heavy atom. The first kappa shape index (κ1) is 11.2. The van der Waals surface area contributed by atoms with E-state index in [1.807, 2.05) is 50.4 Å². The first-order valence-corrected chi connectivity index (χ1v) is 5.42. The van der Waals surface area contributed by atoms with Gasteiger partial charge in [0.1, 0.15) is 0 Å². The van der Waals surface area contributed by atoms with Gasteiger partial charge in [0.05, 0.1) is 4.91 Å². The minimum atomic E-state index is 0.164. The van der Waals surface area contributed by atoms with E-state index >= 15 is 0 Å². The number of Topliss-reactive ketones (excluding diaryl/α,β-unsaturated/α-hetero) is 1. The third-order valence-corrected chi connectivity index (χ3v) is 2.75. The number of hydrogen-bond donors (Lipinski definition) is 0. The summed E-state index contributed by atoms with van der Waals surface area (Å²) in [6.07, 6.45) is 3.77. The lowest BCUT2D eigenvalue weighted by Crippen LogP contribution is -2.08. The van der Waals surface area contributed by atoms with E-state index in [9.17, 15) is 4.79 Å². The van der Waals surface area contributed by atoms with Crippen LogP contribution in [0.2, 0.25) is 0 Å². The van der Waals surface area contributed by atoms with E-state index in [0.29, 0.717) is 0 Å². The average Bonchev–Trinajstić information content (AvgIpc) is 2.34. The van der Waals surface area contributed by atoms with Crippen molar-refractivity contribution in [1.82, 2.24) is 9.80 Å². The fraction of sp³-hybridized carbons (Fsp3) is 0.500. The molecular formula is C10H16N2OS. The van der Waals surface area contributed by atoms with Gasteiger partial charge in [-0.15, -0.1) is 11.8 Å². The zero-order valence-electron chi connectivity index (χ0n) is 9.07. The molecule has 4 heteroatoms. The predicted octanol–water partition coefficient (Wildman–Crippen LogP) is 1.15. The van der Waals surface area contributed by atoms with Crippen molar-refractivity contribution < 1.29 is 4.79 Å². The van der Waals surface area contributed by atoms with Crippen molar-refractivity contribution in [2.75, 3.05) is 33.9 Å². The third kappa shape index (κ3) is 2.80. The van der Waals surface area contributed by atoms with Crippen molar-refractivity contribution in [3.63, 3.8) is 0 Å².